The van der Waals surface area contributed by atoms with Gasteiger partial charge in [-0.15, -0.1) is 0 Å². The van der Waals surface area contributed by atoms with Crippen LogP contribution in [-0.2, 0) is 14.2 Å². The summed E-state index contributed by atoms with van der Waals surface area (Å²) >= 11 is 0. The highest BCUT2D eigenvalue weighted by atomic mass is 16.6. The van der Waals surface area contributed by atoms with Gasteiger partial charge in [0, 0.05) is 16.5 Å². The average Bonchev–Trinajstić information content (AvgIpc) is 3.28. The molecule has 0 aliphatic carbocycles. The second-order valence-corrected chi connectivity index (χ2v) is 9.28. The average molecular weight is 514 g/mol. The van der Waals surface area contributed by atoms with Crippen LogP contribution in [-0.4, -0.2) is 79.6 Å². The van der Waals surface area contributed by atoms with Crippen molar-refractivity contribution >= 4 is 28.7 Å². The summed E-state index contributed by atoms with van der Waals surface area (Å²) in [5.41, 5.74) is 1.89. The molecule has 0 bridgehead atoms. The normalized spacial score (nSPS) is 11.6. The van der Waals surface area contributed by atoms with E-state index in [4.69, 9.17) is 24.1 Å². The van der Waals surface area contributed by atoms with E-state index >= 15 is 0 Å². The van der Waals surface area contributed by atoms with Crippen LogP contribution in [0.4, 0.5) is 5.95 Å². The predicted molar refractivity (Wildman–Crippen MR) is 139 cm³/mol. The van der Waals surface area contributed by atoms with Crippen LogP contribution in [0, 0.1) is 5.41 Å². The van der Waals surface area contributed by atoms with E-state index in [1.807, 2.05) is 20.8 Å². The van der Waals surface area contributed by atoms with Crippen molar-refractivity contribution in [3.8, 4) is 5.75 Å². The van der Waals surface area contributed by atoms with Crippen LogP contribution in [0.1, 0.15) is 41.5 Å². The van der Waals surface area contributed by atoms with Crippen LogP contribution in [0.3, 0.4) is 0 Å². The molecule has 0 radical (unpaired) electrons. The summed E-state index contributed by atoms with van der Waals surface area (Å²) in [6.45, 7) is 8.50. The number of ether oxygens (including phenoxy) is 4. The molecule has 200 valence electrons. The molecule has 0 aliphatic heterocycles. The first-order chi connectivity index (χ1) is 17.8. The number of anilines is 1. The quantitative estimate of drug-likeness (QED) is 0.208. The molecule has 0 saturated carbocycles. The second kappa shape index (κ2) is 13.8. The fourth-order valence-corrected chi connectivity index (χ4v) is 3.35. The molecule has 0 saturated heterocycles. The first kappa shape index (κ1) is 28.3. The topological polar surface area (TPSA) is 132 Å². The number of rotatable bonds is 15. The molecular weight excluding hydrogens is 478 g/mol. The summed E-state index contributed by atoms with van der Waals surface area (Å²) in [5.74, 6) is 0.646. The molecule has 3 rings (SSSR count). The molecule has 0 fully saturated rings. The number of nitrogens with zero attached hydrogens (tertiary/aromatic N) is 1. The third kappa shape index (κ3) is 8.94. The van der Waals surface area contributed by atoms with E-state index in [-0.39, 0.29) is 18.3 Å². The number of H-pyrrole nitrogens is 1. The molecule has 1 amide bonds. The number of aliphatic hydroxyl groups excluding tert-OH is 1. The summed E-state index contributed by atoms with van der Waals surface area (Å²) < 4.78 is 21.5. The lowest BCUT2D eigenvalue weighted by Crippen LogP contribution is -2.19. The minimum Gasteiger partial charge on any atom is -0.491 e. The van der Waals surface area contributed by atoms with Gasteiger partial charge in [-0.2, -0.15) is 0 Å². The lowest BCUT2D eigenvalue weighted by atomic mass is 9.86. The zero-order chi connectivity index (χ0) is 26.7. The largest absolute Gasteiger partial charge is 0.491 e. The van der Waals surface area contributed by atoms with Gasteiger partial charge in [0.05, 0.1) is 57.3 Å². The van der Waals surface area contributed by atoms with Gasteiger partial charge in [0.1, 0.15) is 12.4 Å². The standard InChI is InChI=1S/C27H35N3O7/c1-27(2,3)24(32)20-6-9-22-23(18-20)29-26(28-22)30-25(33)19-4-7-21(8-5-19)37-17-16-36-15-14-35-13-12-34-11-10-31/h4-9,18,31H,10-17H2,1-3H3,(H2,28,29,30,33). The number of aromatic nitrogens is 2. The van der Waals surface area contributed by atoms with E-state index in [1.165, 1.54) is 0 Å². The molecule has 1 aromatic heterocycles. The summed E-state index contributed by atoms with van der Waals surface area (Å²) in [4.78, 5) is 32.6. The fraction of sp³-hybridized carbons (Fsp3) is 0.444. The summed E-state index contributed by atoms with van der Waals surface area (Å²) in [6, 6.07) is 12.0. The van der Waals surface area contributed by atoms with E-state index in [9.17, 15) is 9.59 Å². The number of aromatic amines is 1. The van der Waals surface area contributed by atoms with Gasteiger partial charge in [-0.1, -0.05) is 20.8 Å². The monoisotopic (exact) mass is 513 g/mol. The first-order valence-electron chi connectivity index (χ1n) is 12.2. The number of carbonyl (C=O) groups is 2. The van der Waals surface area contributed by atoms with E-state index in [2.05, 4.69) is 15.3 Å². The Labute approximate surface area is 216 Å². The molecule has 0 aliphatic rings. The maximum atomic E-state index is 12.7. The molecule has 1 heterocycles. The Balaban J connectivity index is 1.40. The molecule has 3 N–H and O–H groups in total. The number of nitrogens with one attached hydrogen (secondary N) is 2. The number of hydrogen-bond acceptors (Lipinski definition) is 8. The van der Waals surface area contributed by atoms with E-state index in [1.54, 1.807) is 42.5 Å². The lowest BCUT2D eigenvalue weighted by molar-refractivity contribution is 0.00361. The maximum Gasteiger partial charge on any atom is 0.257 e. The highest BCUT2D eigenvalue weighted by Gasteiger charge is 2.23. The Morgan fingerprint density at radius 1 is 0.865 bits per heavy atom. The van der Waals surface area contributed by atoms with Gasteiger partial charge < -0.3 is 29.0 Å². The lowest BCUT2D eigenvalue weighted by Gasteiger charge is -2.16. The number of fused-ring (bicyclic) bond motifs is 1. The number of imidazole rings is 1. The van der Waals surface area contributed by atoms with E-state index < -0.39 is 5.41 Å². The smallest absolute Gasteiger partial charge is 0.257 e. The van der Waals surface area contributed by atoms with Crippen LogP contribution in [0.15, 0.2) is 42.5 Å². The number of amides is 1. The number of hydrogen-bond donors (Lipinski definition) is 3. The van der Waals surface area contributed by atoms with Crippen LogP contribution in [0.5, 0.6) is 5.75 Å². The zero-order valence-electron chi connectivity index (χ0n) is 21.5. The van der Waals surface area contributed by atoms with E-state index in [0.717, 1.165) is 0 Å². The van der Waals surface area contributed by atoms with Gasteiger partial charge in [0.25, 0.3) is 5.91 Å². The number of carbonyl (C=O) groups excluding carboxylic acids is 2. The van der Waals surface area contributed by atoms with Crippen molar-refractivity contribution in [3.63, 3.8) is 0 Å². The Hall–Kier alpha value is -3.31. The van der Waals surface area contributed by atoms with Crippen molar-refractivity contribution in [2.45, 2.75) is 20.8 Å². The Kier molecular flexibility index (Phi) is 10.6. The summed E-state index contributed by atoms with van der Waals surface area (Å²) in [5, 5.41) is 11.4. The highest BCUT2D eigenvalue weighted by molar-refractivity contribution is 6.05. The zero-order valence-corrected chi connectivity index (χ0v) is 21.5. The molecule has 10 heteroatoms. The van der Waals surface area contributed by atoms with Gasteiger partial charge >= 0.3 is 0 Å². The predicted octanol–water partition coefficient (Wildman–Crippen LogP) is 3.46. The third-order valence-electron chi connectivity index (χ3n) is 5.25. The van der Waals surface area contributed by atoms with Crippen LogP contribution in [0.25, 0.3) is 11.0 Å². The van der Waals surface area contributed by atoms with Crippen LogP contribution < -0.4 is 10.1 Å². The first-order valence-corrected chi connectivity index (χ1v) is 12.2. The molecule has 10 nitrogen and oxygen atoms in total. The number of Topliss-reactive ketones (excluding diaryl/α,β-unsaturated/α-hetero) is 1. The number of benzene rings is 2. The van der Waals surface area contributed by atoms with Crippen molar-refractivity contribution in [2.75, 3.05) is 58.2 Å². The van der Waals surface area contributed by atoms with Crippen molar-refractivity contribution in [1.82, 2.24) is 9.97 Å². The van der Waals surface area contributed by atoms with E-state index in [0.29, 0.717) is 80.1 Å². The second-order valence-electron chi connectivity index (χ2n) is 9.28. The van der Waals surface area contributed by atoms with Crippen LogP contribution in [0.2, 0.25) is 0 Å². The van der Waals surface area contributed by atoms with Crippen molar-refractivity contribution in [2.24, 2.45) is 5.41 Å². The number of ketones is 1. The Morgan fingerprint density at radius 2 is 1.46 bits per heavy atom. The van der Waals surface area contributed by atoms with Crippen molar-refractivity contribution in [3.05, 3.63) is 53.6 Å². The third-order valence-corrected chi connectivity index (χ3v) is 5.25. The highest BCUT2D eigenvalue weighted by Crippen LogP contribution is 2.24. The Morgan fingerprint density at radius 3 is 2.08 bits per heavy atom. The van der Waals surface area contributed by atoms with Gasteiger partial charge in [-0.25, -0.2) is 4.98 Å². The SMILES string of the molecule is CC(C)(C)C(=O)c1ccc2nc(NC(=O)c3ccc(OCCOCCOCCOCCO)cc3)[nH]c2c1. The van der Waals surface area contributed by atoms with Crippen molar-refractivity contribution in [1.29, 1.82) is 0 Å². The molecule has 2 aromatic carbocycles. The summed E-state index contributed by atoms with van der Waals surface area (Å²) in [7, 11) is 0. The maximum absolute atomic E-state index is 12.7. The van der Waals surface area contributed by atoms with Crippen molar-refractivity contribution < 1.29 is 33.6 Å². The molecule has 0 atom stereocenters. The molecule has 37 heavy (non-hydrogen) atoms. The Bertz CT molecular complexity index is 1150. The summed E-state index contributed by atoms with van der Waals surface area (Å²) in [6.07, 6.45) is 0. The van der Waals surface area contributed by atoms with Gasteiger partial charge in [-0.05, 0) is 42.5 Å². The van der Waals surface area contributed by atoms with Gasteiger partial charge in [-0.3, -0.25) is 14.9 Å². The molecule has 3 aromatic rings. The number of aliphatic hydroxyl groups is 1. The fourth-order valence-electron chi connectivity index (χ4n) is 3.35. The molecular formula is C27H35N3O7. The minimum atomic E-state index is -0.486. The minimum absolute atomic E-state index is 0.00512. The molecule has 0 unspecified atom stereocenters. The van der Waals surface area contributed by atoms with Gasteiger partial charge in [0.2, 0.25) is 5.95 Å². The van der Waals surface area contributed by atoms with Gasteiger partial charge in [0.15, 0.2) is 5.78 Å². The van der Waals surface area contributed by atoms with Crippen LogP contribution >= 0.6 is 0 Å². The molecule has 0 spiro atoms.